The van der Waals surface area contributed by atoms with Crippen LogP contribution in [0.4, 0.5) is 0 Å². The van der Waals surface area contributed by atoms with Crippen molar-refractivity contribution in [3.63, 3.8) is 0 Å². The van der Waals surface area contributed by atoms with E-state index in [1.165, 1.54) is 35.7 Å². The van der Waals surface area contributed by atoms with E-state index in [9.17, 15) is 0 Å². The van der Waals surface area contributed by atoms with E-state index in [1.54, 1.807) is 0 Å². The predicted molar refractivity (Wildman–Crippen MR) is 83.4 cm³/mol. The number of rotatable bonds is 2. The summed E-state index contributed by atoms with van der Waals surface area (Å²) in [6.07, 6.45) is 7.82. The summed E-state index contributed by atoms with van der Waals surface area (Å²) in [4.78, 5) is 0. The van der Waals surface area contributed by atoms with E-state index in [1.807, 2.05) is 6.07 Å². The first-order valence-electron chi connectivity index (χ1n) is 6.78. The lowest BCUT2D eigenvalue weighted by molar-refractivity contribution is -0.0654. The SMILES string of the molecule is ClC1CC(Oc2ccccc2I)C12CCCCC2. The molecule has 2 fully saturated rings. The Bertz CT molecular complexity index is 428. The van der Waals surface area contributed by atoms with Crippen LogP contribution < -0.4 is 4.74 Å². The Labute approximate surface area is 127 Å². The second-order valence-corrected chi connectivity index (χ2v) is 7.22. The van der Waals surface area contributed by atoms with Crippen LogP contribution in [-0.4, -0.2) is 11.5 Å². The lowest BCUT2D eigenvalue weighted by atomic mass is 9.58. The first kappa shape index (κ1) is 13.0. The molecule has 2 aliphatic rings. The van der Waals surface area contributed by atoms with Crippen LogP contribution >= 0.6 is 34.2 Å². The van der Waals surface area contributed by atoms with Crippen LogP contribution in [0.25, 0.3) is 0 Å². The zero-order chi connectivity index (χ0) is 12.6. The summed E-state index contributed by atoms with van der Waals surface area (Å²) in [6, 6.07) is 8.26. The van der Waals surface area contributed by atoms with Gasteiger partial charge in [-0.1, -0.05) is 31.4 Å². The Morgan fingerprint density at radius 2 is 1.89 bits per heavy atom. The largest absolute Gasteiger partial charge is 0.489 e. The average molecular weight is 377 g/mol. The van der Waals surface area contributed by atoms with Crippen LogP contribution in [0.3, 0.4) is 0 Å². The molecule has 0 bridgehead atoms. The van der Waals surface area contributed by atoms with Gasteiger partial charge in [-0.3, -0.25) is 0 Å². The van der Waals surface area contributed by atoms with Crippen LogP contribution in [0.2, 0.25) is 0 Å². The molecule has 98 valence electrons. The van der Waals surface area contributed by atoms with E-state index >= 15 is 0 Å². The molecular weight excluding hydrogens is 359 g/mol. The minimum atomic E-state index is 0.263. The Morgan fingerprint density at radius 1 is 1.17 bits per heavy atom. The van der Waals surface area contributed by atoms with E-state index in [2.05, 4.69) is 40.8 Å². The Morgan fingerprint density at radius 3 is 2.56 bits per heavy atom. The van der Waals surface area contributed by atoms with Gasteiger partial charge in [0.15, 0.2) is 0 Å². The van der Waals surface area contributed by atoms with Gasteiger partial charge < -0.3 is 4.74 Å². The maximum absolute atomic E-state index is 6.50. The average Bonchev–Trinajstić information content (AvgIpc) is 2.41. The molecule has 2 saturated carbocycles. The van der Waals surface area contributed by atoms with E-state index in [4.69, 9.17) is 16.3 Å². The third-order valence-electron chi connectivity index (χ3n) is 4.58. The maximum Gasteiger partial charge on any atom is 0.133 e. The number of benzene rings is 1. The minimum absolute atomic E-state index is 0.263. The number of hydrogen-bond donors (Lipinski definition) is 0. The zero-order valence-corrected chi connectivity index (χ0v) is 13.3. The van der Waals surface area contributed by atoms with Crippen LogP contribution in [0.15, 0.2) is 24.3 Å². The molecule has 0 saturated heterocycles. The zero-order valence-electron chi connectivity index (χ0n) is 10.4. The van der Waals surface area contributed by atoms with Crippen molar-refractivity contribution in [2.24, 2.45) is 5.41 Å². The van der Waals surface area contributed by atoms with Crippen molar-refractivity contribution in [3.8, 4) is 5.75 Å². The van der Waals surface area contributed by atoms with E-state index in [0.717, 1.165) is 12.2 Å². The van der Waals surface area contributed by atoms with Gasteiger partial charge in [0.1, 0.15) is 11.9 Å². The van der Waals surface area contributed by atoms with Crippen LogP contribution in [0.1, 0.15) is 38.5 Å². The fourth-order valence-electron chi connectivity index (χ4n) is 3.40. The topological polar surface area (TPSA) is 9.23 Å². The standard InChI is InChI=1S/C15H18ClIO/c16-13-10-14(15(13)8-4-1-5-9-15)18-12-7-3-2-6-11(12)17/h2-3,6-7,13-14H,1,4-5,8-10H2. The summed E-state index contributed by atoms with van der Waals surface area (Å²) in [6.45, 7) is 0. The predicted octanol–water partition coefficient (Wildman–Crippen LogP) is 5.00. The number of hydrogen-bond acceptors (Lipinski definition) is 1. The smallest absolute Gasteiger partial charge is 0.133 e. The first-order chi connectivity index (χ1) is 8.72. The Kier molecular flexibility index (Phi) is 3.77. The van der Waals surface area contributed by atoms with Crippen molar-refractivity contribution in [3.05, 3.63) is 27.8 Å². The lowest BCUT2D eigenvalue weighted by Crippen LogP contribution is -2.58. The molecule has 0 aromatic heterocycles. The van der Waals surface area contributed by atoms with Gasteiger partial charge in [-0.2, -0.15) is 0 Å². The van der Waals surface area contributed by atoms with Gasteiger partial charge >= 0.3 is 0 Å². The number of ether oxygens (including phenoxy) is 1. The van der Waals surface area contributed by atoms with Crippen molar-refractivity contribution in [1.29, 1.82) is 0 Å². The van der Waals surface area contributed by atoms with Crippen molar-refractivity contribution in [2.45, 2.75) is 50.0 Å². The molecule has 2 atom stereocenters. The van der Waals surface area contributed by atoms with Gasteiger partial charge in [0, 0.05) is 17.2 Å². The summed E-state index contributed by atoms with van der Waals surface area (Å²) in [5, 5.41) is 0.323. The van der Waals surface area contributed by atoms with Gasteiger partial charge in [0.25, 0.3) is 0 Å². The lowest BCUT2D eigenvalue weighted by Gasteiger charge is -2.55. The molecule has 0 radical (unpaired) electrons. The third-order valence-corrected chi connectivity index (χ3v) is 6.08. The van der Waals surface area contributed by atoms with Gasteiger partial charge in [-0.15, -0.1) is 11.6 Å². The molecule has 0 amide bonds. The second kappa shape index (κ2) is 5.20. The van der Waals surface area contributed by atoms with Crippen LogP contribution in [0.5, 0.6) is 5.75 Å². The monoisotopic (exact) mass is 376 g/mol. The normalized spacial score (nSPS) is 29.9. The molecule has 0 heterocycles. The highest BCUT2D eigenvalue weighted by Crippen LogP contribution is 2.55. The number of alkyl halides is 1. The number of halogens is 2. The highest BCUT2D eigenvalue weighted by Gasteiger charge is 2.55. The van der Waals surface area contributed by atoms with Gasteiger partial charge in [-0.25, -0.2) is 0 Å². The summed E-state index contributed by atoms with van der Waals surface area (Å²) in [5.41, 5.74) is 0.263. The quantitative estimate of drug-likeness (QED) is 0.521. The molecule has 1 nitrogen and oxygen atoms in total. The van der Waals surface area contributed by atoms with E-state index < -0.39 is 0 Å². The van der Waals surface area contributed by atoms with Crippen LogP contribution in [0, 0.1) is 8.99 Å². The van der Waals surface area contributed by atoms with Crippen molar-refractivity contribution < 1.29 is 4.74 Å². The molecule has 1 aromatic carbocycles. The molecule has 2 unspecified atom stereocenters. The van der Waals surface area contributed by atoms with Crippen molar-refractivity contribution in [2.75, 3.05) is 0 Å². The molecule has 0 aliphatic heterocycles. The molecular formula is C15H18ClIO. The van der Waals surface area contributed by atoms with Crippen molar-refractivity contribution >= 4 is 34.2 Å². The highest BCUT2D eigenvalue weighted by molar-refractivity contribution is 14.1. The minimum Gasteiger partial charge on any atom is -0.489 e. The highest BCUT2D eigenvalue weighted by atomic mass is 127. The fourth-order valence-corrected chi connectivity index (χ4v) is 4.44. The van der Waals surface area contributed by atoms with Gasteiger partial charge in [0.05, 0.1) is 3.57 Å². The van der Waals surface area contributed by atoms with Crippen LogP contribution in [-0.2, 0) is 0 Å². The first-order valence-corrected chi connectivity index (χ1v) is 8.29. The maximum atomic E-state index is 6.50. The van der Waals surface area contributed by atoms with Gasteiger partial charge in [-0.05, 0) is 47.6 Å². The number of para-hydroxylation sites is 1. The van der Waals surface area contributed by atoms with E-state index in [-0.39, 0.29) is 5.41 Å². The summed E-state index contributed by atoms with van der Waals surface area (Å²) >= 11 is 8.84. The molecule has 2 aliphatic carbocycles. The second-order valence-electron chi connectivity index (χ2n) is 5.53. The summed E-state index contributed by atoms with van der Waals surface area (Å²) in [5.74, 6) is 1.02. The van der Waals surface area contributed by atoms with Crippen molar-refractivity contribution in [1.82, 2.24) is 0 Å². The molecule has 0 N–H and O–H groups in total. The molecule has 3 heteroatoms. The molecule has 1 aromatic rings. The molecule has 18 heavy (non-hydrogen) atoms. The van der Waals surface area contributed by atoms with Gasteiger partial charge in [0.2, 0.25) is 0 Å². The van der Waals surface area contributed by atoms with E-state index in [0.29, 0.717) is 11.5 Å². The molecule has 3 rings (SSSR count). The summed E-state index contributed by atoms with van der Waals surface area (Å²) in [7, 11) is 0. The molecule has 1 spiro atoms. The fraction of sp³-hybridized carbons (Fsp3) is 0.600. The Balaban J connectivity index is 1.75. The summed E-state index contributed by atoms with van der Waals surface area (Å²) < 4.78 is 7.45. The third kappa shape index (κ3) is 2.15. The Hall–Kier alpha value is 0.0400.